The monoisotopic (exact) mass is 323 g/mol. The van der Waals surface area contributed by atoms with Crippen LogP contribution in [0, 0.1) is 0 Å². The summed E-state index contributed by atoms with van der Waals surface area (Å²) in [6, 6.07) is 13.1. The largest absolute Gasteiger partial charge is 0.497 e. The van der Waals surface area contributed by atoms with Crippen molar-refractivity contribution in [3.05, 3.63) is 58.4 Å². The van der Waals surface area contributed by atoms with Gasteiger partial charge in [-0.05, 0) is 24.3 Å². The molecular formula is C18H17N3O3. The lowest BCUT2D eigenvalue weighted by atomic mass is 10.2. The number of fused-ring (bicyclic) bond motifs is 2. The summed E-state index contributed by atoms with van der Waals surface area (Å²) in [5.41, 5.74) is 1.59. The molecule has 0 saturated heterocycles. The first-order valence-corrected chi connectivity index (χ1v) is 7.78. The van der Waals surface area contributed by atoms with Gasteiger partial charge >= 0.3 is 0 Å². The molecule has 0 saturated carbocycles. The van der Waals surface area contributed by atoms with Crippen LogP contribution < -0.4 is 19.9 Å². The first kappa shape index (κ1) is 14.6. The third kappa shape index (κ3) is 2.56. The molecule has 0 spiro atoms. The number of aromatic amines is 1. The molecule has 6 heteroatoms. The minimum Gasteiger partial charge on any atom is -0.497 e. The summed E-state index contributed by atoms with van der Waals surface area (Å²) in [5, 5.41) is 0.595. The average molecular weight is 323 g/mol. The number of rotatable bonds is 2. The Morgan fingerprint density at radius 2 is 2.12 bits per heavy atom. The standard InChI is InChI=1S/C18H17N3O3/c1-23-13-7-6-12-11-21(8-9-24-16(12)10-13)18-19-15-5-3-2-4-14(15)17(22)20-18/h2-7,10H,8-9,11H2,1H3,(H,19,20,22). The Hall–Kier alpha value is -3.02. The van der Waals surface area contributed by atoms with Gasteiger partial charge in [0.15, 0.2) is 0 Å². The summed E-state index contributed by atoms with van der Waals surface area (Å²) in [6.07, 6.45) is 0. The molecule has 0 amide bonds. The second kappa shape index (κ2) is 5.88. The van der Waals surface area contributed by atoms with Crippen LogP contribution >= 0.6 is 0 Å². The molecule has 0 atom stereocenters. The summed E-state index contributed by atoms with van der Waals surface area (Å²) in [7, 11) is 1.63. The first-order valence-electron chi connectivity index (χ1n) is 7.78. The van der Waals surface area contributed by atoms with Crippen molar-refractivity contribution in [1.82, 2.24) is 9.97 Å². The molecule has 1 aliphatic heterocycles. The minimum absolute atomic E-state index is 0.129. The molecule has 2 heterocycles. The van der Waals surface area contributed by atoms with E-state index in [1.807, 2.05) is 41.3 Å². The number of aromatic nitrogens is 2. The van der Waals surface area contributed by atoms with E-state index in [4.69, 9.17) is 9.47 Å². The molecule has 3 aromatic rings. The number of benzene rings is 2. The Balaban J connectivity index is 1.73. The highest BCUT2D eigenvalue weighted by atomic mass is 16.5. The third-order valence-electron chi connectivity index (χ3n) is 4.15. The van der Waals surface area contributed by atoms with Gasteiger partial charge in [0.1, 0.15) is 18.1 Å². The fraction of sp³-hybridized carbons (Fsp3) is 0.222. The predicted octanol–water partition coefficient (Wildman–Crippen LogP) is 2.33. The minimum atomic E-state index is -0.129. The maximum atomic E-state index is 12.3. The van der Waals surface area contributed by atoms with Gasteiger partial charge < -0.3 is 14.4 Å². The Labute approximate surface area is 138 Å². The molecule has 122 valence electrons. The Morgan fingerprint density at radius 1 is 1.25 bits per heavy atom. The molecule has 2 aromatic carbocycles. The molecule has 1 aliphatic rings. The molecule has 0 radical (unpaired) electrons. The zero-order valence-corrected chi connectivity index (χ0v) is 13.3. The normalized spacial score (nSPS) is 14.0. The summed E-state index contributed by atoms with van der Waals surface area (Å²) < 4.78 is 11.1. The summed E-state index contributed by atoms with van der Waals surface area (Å²) in [4.78, 5) is 21.8. The molecule has 0 fully saturated rings. The van der Waals surface area contributed by atoms with Gasteiger partial charge in [-0.2, -0.15) is 0 Å². The SMILES string of the molecule is COc1ccc2c(c1)OCCN(c1nc3ccccc3c(=O)[nH]1)C2. The van der Waals surface area contributed by atoms with E-state index in [9.17, 15) is 4.79 Å². The van der Waals surface area contributed by atoms with Gasteiger partial charge in [0.25, 0.3) is 5.56 Å². The molecule has 4 rings (SSSR count). The average Bonchev–Trinajstić information content (AvgIpc) is 2.83. The Morgan fingerprint density at radius 3 is 3.00 bits per heavy atom. The highest BCUT2D eigenvalue weighted by Crippen LogP contribution is 2.28. The fourth-order valence-corrected chi connectivity index (χ4v) is 2.88. The number of anilines is 1. The molecule has 0 unspecified atom stereocenters. The number of para-hydroxylation sites is 1. The predicted molar refractivity (Wildman–Crippen MR) is 91.9 cm³/mol. The van der Waals surface area contributed by atoms with Crippen molar-refractivity contribution in [2.24, 2.45) is 0 Å². The Kier molecular flexibility index (Phi) is 3.57. The van der Waals surface area contributed by atoms with Crippen molar-refractivity contribution in [3.8, 4) is 11.5 Å². The fourth-order valence-electron chi connectivity index (χ4n) is 2.88. The van der Waals surface area contributed by atoms with E-state index < -0.39 is 0 Å². The zero-order chi connectivity index (χ0) is 16.5. The summed E-state index contributed by atoms with van der Waals surface area (Å²) >= 11 is 0. The maximum absolute atomic E-state index is 12.3. The molecule has 0 bridgehead atoms. The second-order valence-electron chi connectivity index (χ2n) is 5.65. The van der Waals surface area contributed by atoms with E-state index in [0.29, 0.717) is 36.5 Å². The van der Waals surface area contributed by atoms with Gasteiger partial charge in [-0.25, -0.2) is 4.98 Å². The number of ether oxygens (including phenoxy) is 2. The molecular weight excluding hydrogens is 306 g/mol. The van der Waals surface area contributed by atoms with Crippen molar-refractivity contribution in [3.63, 3.8) is 0 Å². The number of nitrogens with one attached hydrogen (secondary N) is 1. The molecule has 1 aromatic heterocycles. The van der Waals surface area contributed by atoms with Crippen LogP contribution in [0.4, 0.5) is 5.95 Å². The van der Waals surface area contributed by atoms with Crippen molar-refractivity contribution < 1.29 is 9.47 Å². The van der Waals surface area contributed by atoms with E-state index in [1.165, 1.54) is 0 Å². The lowest BCUT2D eigenvalue weighted by molar-refractivity contribution is 0.328. The topological polar surface area (TPSA) is 67.5 Å². The van der Waals surface area contributed by atoms with Gasteiger partial charge in [-0.3, -0.25) is 9.78 Å². The van der Waals surface area contributed by atoms with Crippen molar-refractivity contribution >= 4 is 16.9 Å². The number of hydrogen-bond donors (Lipinski definition) is 1. The van der Waals surface area contributed by atoms with Gasteiger partial charge in [0, 0.05) is 18.2 Å². The molecule has 1 N–H and O–H groups in total. The van der Waals surface area contributed by atoms with Crippen LogP contribution in [0.2, 0.25) is 0 Å². The van der Waals surface area contributed by atoms with Crippen molar-refractivity contribution in [1.29, 1.82) is 0 Å². The first-order chi connectivity index (χ1) is 11.7. The lowest BCUT2D eigenvalue weighted by Crippen LogP contribution is -2.29. The number of nitrogens with zero attached hydrogens (tertiary/aromatic N) is 2. The van der Waals surface area contributed by atoms with Crippen LogP contribution in [0.3, 0.4) is 0 Å². The van der Waals surface area contributed by atoms with Crippen molar-refractivity contribution in [2.75, 3.05) is 25.2 Å². The third-order valence-corrected chi connectivity index (χ3v) is 4.15. The van der Waals surface area contributed by atoms with Crippen LogP contribution in [0.5, 0.6) is 11.5 Å². The van der Waals surface area contributed by atoms with Crippen molar-refractivity contribution in [2.45, 2.75) is 6.54 Å². The lowest BCUT2D eigenvalue weighted by Gasteiger charge is -2.20. The quantitative estimate of drug-likeness (QED) is 0.784. The molecule has 6 nitrogen and oxygen atoms in total. The van der Waals surface area contributed by atoms with E-state index in [0.717, 1.165) is 17.1 Å². The highest BCUT2D eigenvalue weighted by molar-refractivity contribution is 5.78. The van der Waals surface area contributed by atoms with Gasteiger partial charge in [0.05, 0.1) is 24.6 Å². The van der Waals surface area contributed by atoms with E-state index in [1.54, 1.807) is 13.2 Å². The summed E-state index contributed by atoms with van der Waals surface area (Å²) in [6.45, 7) is 1.76. The van der Waals surface area contributed by atoms with Crippen LogP contribution in [0.25, 0.3) is 10.9 Å². The van der Waals surface area contributed by atoms with Crippen LogP contribution in [0.15, 0.2) is 47.3 Å². The van der Waals surface area contributed by atoms with E-state index in [-0.39, 0.29) is 5.56 Å². The van der Waals surface area contributed by atoms with Crippen LogP contribution in [0.1, 0.15) is 5.56 Å². The van der Waals surface area contributed by atoms with Gasteiger partial charge in [0.2, 0.25) is 5.95 Å². The molecule has 0 aliphatic carbocycles. The van der Waals surface area contributed by atoms with Gasteiger partial charge in [-0.1, -0.05) is 12.1 Å². The Bertz CT molecular complexity index is 952. The smallest absolute Gasteiger partial charge is 0.260 e. The zero-order valence-electron chi connectivity index (χ0n) is 13.3. The van der Waals surface area contributed by atoms with E-state index in [2.05, 4.69) is 9.97 Å². The summed E-state index contributed by atoms with van der Waals surface area (Å²) in [5.74, 6) is 2.13. The number of methoxy groups -OCH3 is 1. The second-order valence-corrected chi connectivity index (χ2v) is 5.65. The van der Waals surface area contributed by atoms with Gasteiger partial charge in [-0.15, -0.1) is 0 Å². The van der Waals surface area contributed by atoms with Crippen LogP contribution in [-0.2, 0) is 6.54 Å². The van der Waals surface area contributed by atoms with Crippen LogP contribution in [-0.4, -0.2) is 30.2 Å². The molecule has 24 heavy (non-hydrogen) atoms. The highest BCUT2D eigenvalue weighted by Gasteiger charge is 2.18. The maximum Gasteiger partial charge on any atom is 0.260 e. The van der Waals surface area contributed by atoms with E-state index >= 15 is 0 Å². The number of H-pyrrole nitrogens is 1. The number of hydrogen-bond acceptors (Lipinski definition) is 5.